The molecule has 0 aromatic heterocycles. The molecule has 25 heavy (non-hydrogen) atoms. The maximum absolute atomic E-state index is 12.5. The molecule has 0 spiro atoms. The van der Waals surface area contributed by atoms with Crippen molar-refractivity contribution in [1.29, 1.82) is 0 Å². The van der Waals surface area contributed by atoms with Gasteiger partial charge >= 0.3 is 0 Å². The number of carbonyl (C=O) groups excluding carboxylic acids is 3. The molecule has 1 saturated heterocycles. The zero-order chi connectivity index (χ0) is 18.7. The van der Waals surface area contributed by atoms with Crippen LogP contribution in [-0.4, -0.2) is 41.2 Å². The average Bonchev–Trinajstić information content (AvgIpc) is 2.91. The fraction of sp³-hybridized carbons (Fsp3) is 0.500. The Hall–Kier alpha value is -2.08. The number of carbonyl (C=O) groups is 3. The van der Waals surface area contributed by atoms with Crippen LogP contribution < -0.4 is 10.6 Å². The molecule has 1 aromatic rings. The zero-order valence-electron chi connectivity index (χ0n) is 14.9. The summed E-state index contributed by atoms with van der Waals surface area (Å²) in [4.78, 5) is 38.2. The van der Waals surface area contributed by atoms with Gasteiger partial charge in [0.2, 0.25) is 11.8 Å². The Morgan fingerprint density at radius 1 is 1.24 bits per heavy atom. The minimum atomic E-state index is -0.417. The van der Waals surface area contributed by atoms with Crippen LogP contribution in [0.4, 0.5) is 5.69 Å². The molecule has 0 saturated carbocycles. The molecule has 1 aliphatic heterocycles. The summed E-state index contributed by atoms with van der Waals surface area (Å²) >= 11 is 6.14. The molecule has 7 heteroatoms. The third kappa shape index (κ3) is 4.72. The van der Waals surface area contributed by atoms with Crippen molar-refractivity contribution in [2.24, 2.45) is 5.92 Å². The van der Waals surface area contributed by atoms with E-state index in [0.29, 0.717) is 22.8 Å². The van der Waals surface area contributed by atoms with Gasteiger partial charge in [-0.2, -0.15) is 0 Å². The summed E-state index contributed by atoms with van der Waals surface area (Å²) in [6.45, 7) is 7.98. The Morgan fingerprint density at radius 2 is 1.92 bits per heavy atom. The first-order valence-electron chi connectivity index (χ1n) is 8.39. The molecular weight excluding hydrogens is 342 g/mol. The average molecular weight is 366 g/mol. The van der Waals surface area contributed by atoms with E-state index in [9.17, 15) is 14.4 Å². The van der Waals surface area contributed by atoms with Crippen LogP contribution in [0.1, 0.15) is 44.5 Å². The summed E-state index contributed by atoms with van der Waals surface area (Å²) in [6.07, 6.45) is 0.190. The highest BCUT2D eigenvalue weighted by Crippen LogP contribution is 2.26. The van der Waals surface area contributed by atoms with E-state index in [4.69, 9.17) is 11.6 Å². The van der Waals surface area contributed by atoms with Crippen molar-refractivity contribution in [3.63, 3.8) is 0 Å². The Kier molecular flexibility index (Phi) is 6.06. The van der Waals surface area contributed by atoms with Crippen LogP contribution in [0.25, 0.3) is 0 Å². The Labute approximate surface area is 152 Å². The molecule has 1 heterocycles. The summed E-state index contributed by atoms with van der Waals surface area (Å²) in [7, 11) is 0. The highest BCUT2D eigenvalue weighted by atomic mass is 35.5. The Morgan fingerprint density at radius 3 is 2.48 bits per heavy atom. The van der Waals surface area contributed by atoms with Gasteiger partial charge in [-0.25, -0.2) is 0 Å². The van der Waals surface area contributed by atoms with E-state index in [-0.39, 0.29) is 36.2 Å². The number of hydrogen-bond donors (Lipinski definition) is 2. The molecule has 1 aliphatic rings. The fourth-order valence-corrected chi connectivity index (χ4v) is 2.91. The number of nitrogens with zero attached hydrogens (tertiary/aromatic N) is 1. The standard InChI is InChI=1S/C18H24ClN3O3/c1-10(2)20-17(24)12-5-6-14(19)15(7-12)21-18(25)13-8-16(23)22(9-13)11(3)4/h5-7,10-11,13H,8-9H2,1-4H3,(H,20,24)(H,21,25)/t13-/m0/s1. The molecule has 1 aromatic carbocycles. The summed E-state index contributed by atoms with van der Waals surface area (Å²) in [5.41, 5.74) is 0.790. The predicted octanol–water partition coefficient (Wildman–Crippen LogP) is 2.67. The summed E-state index contributed by atoms with van der Waals surface area (Å²) in [6, 6.07) is 4.81. The maximum Gasteiger partial charge on any atom is 0.251 e. The van der Waals surface area contributed by atoms with Gasteiger partial charge in [0.15, 0.2) is 0 Å². The number of amides is 3. The van der Waals surface area contributed by atoms with Crippen LogP contribution in [0.15, 0.2) is 18.2 Å². The SMILES string of the molecule is CC(C)NC(=O)c1ccc(Cl)c(NC(=O)[C@H]2CC(=O)N(C(C)C)C2)c1. The number of rotatable bonds is 5. The predicted molar refractivity (Wildman–Crippen MR) is 97.6 cm³/mol. The van der Waals surface area contributed by atoms with Gasteiger partial charge in [-0.05, 0) is 45.9 Å². The number of benzene rings is 1. The van der Waals surface area contributed by atoms with Crippen molar-refractivity contribution in [3.8, 4) is 0 Å². The minimum absolute atomic E-state index is 0.00716. The second kappa shape index (κ2) is 7.87. The molecule has 0 radical (unpaired) electrons. The third-order valence-corrected chi connectivity index (χ3v) is 4.39. The number of anilines is 1. The second-order valence-electron chi connectivity index (χ2n) is 6.85. The van der Waals surface area contributed by atoms with Crippen LogP contribution in [0.2, 0.25) is 5.02 Å². The van der Waals surface area contributed by atoms with Crippen LogP contribution in [0.5, 0.6) is 0 Å². The van der Waals surface area contributed by atoms with Crippen molar-refractivity contribution in [2.45, 2.75) is 46.2 Å². The van der Waals surface area contributed by atoms with Crippen LogP contribution in [-0.2, 0) is 9.59 Å². The van der Waals surface area contributed by atoms with E-state index < -0.39 is 5.92 Å². The van der Waals surface area contributed by atoms with E-state index in [1.54, 1.807) is 23.1 Å². The van der Waals surface area contributed by atoms with Crippen molar-refractivity contribution in [1.82, 2.24) is 10.2 Å². The lowest BCUT2D eigenvalue weighted by atomic mass is 10.1. The van der Waals surface area contributed by atoms with E-state index in [2.05, 4.69) is 10.6 Å². The number of hydrogen-bond acceptors (Lipinski definition) is 3. The first-order chi connectivity index (χ1) is 11.7. The van der Waals surface area contributed by atoms with Crippen LogP contribution in [0.3, 0.4) is 0 Å². The van der Waals surface area contributed by atoms with Crippen molar-refractivity contribution < 1.29 is 14.4 Å². The molecular formula is C18H24ClN3O3. The van der Waals surface area contributed by atoms with Gasteiger partial charge in [0.05, 0.1) is 16.6 Å². The topological polar surface area (TPSA) is 78.5 Å². The lowest BCUT2D eigenvalue weighted by Gasteiger charge is -2.20. The van der Waals surface area contributed by atoms with Crippen molar-refractivity contribution >= 4 is 35.0 Å². The van der Waals surface area contributed by atoms with Gasteiger partial charge < -0.3 is 15.5 Å². The lowest BCUT2D eigenvalue weighted by Crippen LogP contribution is -2.33. The molecule has 2 N–H and O–H groups in total. The zero-order valence-corrected chi connectivity index (χ0v) is 15.7. The molecule has 136 valence electrons. The summed E-state index contributed by atoms with van der Waals surface area (Å²) in [5.74, 6) is -0.936. The van der Waals surface area contributed by atoms with Gasteiger partial charge in [-0.3, -0.25) is 14.4 Å². The smallest absolute Gasteiger partial charge is 0.251 e. The maximum atomic E-state index is 12.5. The highest BCUT2D eigenvalue weighted by molar-refractivity contribution is 6.34. The molecule has 2 rings (SSSR count). The third-order valence-electron chi connectivity index (χ3n) is 4.06. The molecule has 0 aliphatic carbocycles. The fourth-order valence-electron chi connectivity index (χ4n) is 2.75. The van der Waals surface area contributed by atoms with E-state index in [0.717, 1.165) is 0 Å². The number of halogens is 1. The molecule has 0 bridgehead atoms. The number of nitrogens with one attached hydrogen (secondary N) is 2. The second-order valence-corrected chi connectivity index (χ2v) is 7.26. The largest absolute Gasteiger partial charge is 0.350 e. The van der Waals surface area contributed by atoms with E-state index >= 15 is 0 Å². The molecule has 0 unspecified atom stereocenters. The van der Waals surface area contributed by atoms with Gasteiger partial charge in [0, 0.05) is 30.6 Å². The van der Waals surface area contributed by atoms with Crippen LogP contribution >= 0.6 is 11.6 Å². The molecule has 6 nitrogen and oxygen atoms in total. The van der Waals surface area contributed by atoms with Crippen molar-refractivity contribution in [2.75, 3.05) is 11.9 Å². The van der Waals surface area contributed by atoms with Gasteiger partial charge in [0.1, 0.15) is 0 Å². The Balaban J connectivity index is 2.10. The monoisotopic (exact) mass is 365 g/mol. The van der Waals surface area contributed by atoms with Gasteiger partial charge in [0.25, 0.3) is 5.91 Å². The summed E-state index contributed by atoms with van der Waals surface area (Å²) < 4.78 is 0. The van der Waals surface area contributed by atoms with E-state index in [1.165, 1.54) is 0 Å². The Bertz CT molecular complexity index is 688. The lowest BCUT2D eigenvalue weighted by molar-refractivity contribution is -0.129. The van der Waals surface area contributed by atoms with Crippen molar-refractivity contribution in [3.05, 3.63) is 28.8 Å². The first-order valence-corrected chi connectivity index (χ1v) is 8.77. The quantitative estimate of drug-likeness (QED) is 0.842. The summed E-state index contributed by atoms with van der Waals surface area (Å²) in [5, 5.41) is 5.89. The first kappa shape index (κ1) is 19.2. The molecule has 1 atom stereocenters. The highest BCUT2D eigenvalue weighted by Gasteiger charge is 2.35. The number of likely N-dealkylation sites (tertiary alicyclic amines) is 1. The molecule has 1 fully saturated rings. The van der Waals surface area contributed by atoms with Gasteiger partial charge in [-0.15, -0.1) is 0 Å². The molecule has 3 amide bonds. The van der Waals surface area contributed by atoms with Gasteiger partial charge in [-0.1, -0.05) is 11.6 Å². The van der Waals surface area contributed by atoms with E-state index in [1.807, 2.05) is 27.7 Å². The normalized spacial score (nSPS) is 17.3. The van der Waals surface area contributed by atoms with Crippen LogP contribution in [0, 0.1) is 5.92 Å². The minimum Gasteiger partial charge on any atom is -0.350 e.